The molecule has 2 unspecified atom stereocenters. The molecule has 1 fully saturated rings. The lowest BCUT2D eigenvalue weighted by Crippen LogP contribution is -2.38. The van der Waals surface area contributed by atoms with Crippen molar-refractivity contribution in [2.45, 2.75) is 84.7 Å². The molecule has 1 heterocycles. The summed E-state index contributed by atoms with van der Waals surface area (Å²) in [5.74, 6) is 0. The lowest BCUT2D eigenvalue weighted by molar-refractivity contribution is 0.352. The van der Waals surface area contributed by atoms with Crippen molar-refractivity contribution in [2.75, 3.05) is 0 Å². The van der Waals surface area contributed by atoms with Crippen LogP contribution in [0.3, 0.4) is 0 Å². The minimum absolute atomic E-state index is 0.763. The van der Waals surface area contributed by atoms with Crippen molar-refractivity contribution < 1.29 is 0 Å². The van der Waals surface area contributed by atoms with Crippen molar-refractivity contribution in [1.82, 2.24) is 5.32 Å². The number of rotatable bonds is 3. The Morgan fingerprint density at radius 3 is 1.57 bits per heavy atom. The first-order chi connectivity index (χ1) is 6.70. The van der Waals surface area contributed by atoms with Crippen LogP contribution in [0.5, 0.6) is 0 Å². The zero-order valence-corrected chi connectivity index (χ0v) is 10.6. The Bertz CT molecular complexity index is 99.8. The van der Waals surface area contributed by atoms with E-state index in [0.717, 1.165) is 12.1 Å². The zero-order valence-electron chi connectivity index (χ0n) is 10.6. The highest BCUT2D eigenvalue weighted by atomic mass is 14.9. The summed E-state index contributed by atoms with van der Waals surface area (Å²) in [6, 6.07) is 1.53. The van der Waals surface area contributed by atoms with Gasteiger partial charge in [0.05, 0.1) is 0 Å². The van der Waals surface area contributed by atoms with Crippen LogP contribution in [0.2, 0.25) is 0 Å². The van der Waals surface area contributed by atoms with Gasteiger partial charge in [0, 0.05) is 12.1 Å². The van der Waals surface area contributed by atoms with Crippen LogP contribution in [0.4, 0.5) is 0 Å². The average molecular weight is 199 g/mol. The van der Waals surface area contributed by atoms with Crippen molar-refractivity contribution >= 4 is 0 Å². The van der Waals surface area contributed by atoms with Gasteiger partial charge in [-0.05, 0) is 26.7 Å². The van der Waals surface area contributed by atoms with Crippen LogP contribution in [0.25, 0.3) is 0 Å². The molecule has 14 heavy (non-hydrogen) atoms. The molecule has 1 saturated heterocycles. The van der Waals surface area contributed by atoms with E-state index in [-0.39, 0.29) is 0 Å². The Morgan fingerprint density at radius 1 is 0.929 bits per heavy atom. The van der Waals surface area contributed by atoms with Crippen LogP contribution >= 0.6 is 0 Å². The largest absolute Gasteiger partial charge is 0.312 e. The first-order valence-corrected chi connectivity index (χ1v) is 6.46. The lowest BCUT2D eigenvalue weighted by Gasteiger charge is -2.25. The molecule has 0 aliphatic carbocycles. The summed E-state index contributed by atoms with van der Waals surface area (Å²) in [4.78, 5) is 0. The smallest absolute Gasteiger partial charge is 0.00412 e. The number of hydrogen-bond donors (Lipinski definition) is 1. The van der Waals surface area contributed by atoms with E-state index >= 15 is 0 Å². The SMILES string of the molecule is CC1CCCC(C)N1.CCCCCC. The predicted molar refractivity (Wildman–Crippen MR) is 65.7 cm³/mol. The van der Waals surface area contributed by atoms with Gasteiger partial charge in [-0.15, -0.1) is 0 Å². The van der Waals surface area contributed by atoms with Gasteiger partial charge in [0.2, 0.25) is 0 Å². The van der Waals surface area contributed by atoms with Gasteiger partial charge in [0.1, 0.15) is 0 Å². The van der Waals surface area contributed by atoms with Crippen LogP contribution in [0.1, 0.15) is 72.6 Å². The fourth-order valence-corrected chi connectivity index (χ4v) is 1.88. The second-order valence-corrected chi connectivity index (χ2v) is 4.61. The molecule has 1 aliphatic rings. The lowest BCUT2D eigenvalue weighted by atomic mass is 10.0. The summed E-state index contributed by atoms with van der Waals surface area (Å²) >= 11 is 0. The van der Waals surface area contributed by atoms with E-state index in [1.54, 1.807) is 0 Å². The first kappa shape index (κ1) is 14.0. The molecule has 0 bridgehead atoms. The normalized spacial score (nSPS) is 26.6. The van der Waals surface area contributed by atoms with Gasteiger partial charge in [0.15, 0.2) is 0 Å². The summed E-state index contributed by atoms with van der Waals surface area (Å²) in [5, 5.41) is 3.48. The molecule has 0 amide bonds. The topological polar surface area (TPSA) is 12.0 Å². The summed E-state index contributed by atoms with van der Waals surface area (Å²) < 4.78 is 0. The van der Waals surface area contributed by atoms with Crippen LogP contribution in [-0.4, -0.2) is 12.1 Å². The van der Waals surface area contributed by atoms with E-state index in [1.165, 1.54) is 44.9 Å². The quantitative estimate of drug-likeness (QED) is 0.674. The second-order valence-electron chi connectivity index (χ2n) is 4.61. The first-order valence-electron chi connectivity index (χ1n) is 6.46. The maximum atomic E-state index is 3.48. The van der Waals surface area contributed by atoms with E-state index in [1.807, 2.05) is 0 Å². The van der Waals surface area contributed by atoms with Crippen molar-refractivity contribution in [3.63, 3.8) is 0 Å². The minimum Gasteiger partial charge on any atom is -0.312 e. The van der Waals surface area contributed by atoms with E-state index < -0.39 is 0 Å². The molecular formula is C13H29N. The molecule has 86 valence electrons. The van der Waals surface area contributed by atoms with Gasteiger partial charge in [-0.1, -0.05) is 46.0 Å². The van der Waals surface area contributed by atoms with E-state index in [4.69, 9.17) is 0 Å². The van der Waals surface area contributed by atoms with Crippen molar-refractivity contribution in [3.8, 4) is 0 Å². The van der Waals surface area contributed by atoms with Gasteiger partial charge < -0.3 is 5.32 Å². The highest BCUT2D eigenvalue weighted by Gasteiger charge is 2.11. The average Bonchev–Trinajstić information content (AvgIpc) is 2.15. The standard InChI is InChI=1S/C7H15N.C6H14/c1-6-4-3-5-7(2)8-6;1-3-5-6-4-2/h6-8H,3-5H2,1-2H3;3-6H2,1-2H3. The molecule has 1 N–H and O–H groups in total. The van der Waals surface area contributed by atoms with Gasteiger partial charge in [-0.25, -0.2) is 0 Å². The Hall–Kier alpha value is -0.0400. The fraction of sp³-hybridized carbons (Fsp3) is 1.00. The summed E-state index contributed by atoms with van der Waals surface area (Å²) in [6.07, 6.45) is 9.68. The molecule has 0 spiro atoms. The van der Waals surface area contributed by atoms with Crippen molar-refractivity contribution in [1.29, 1.82) is 0 Å². The van der Waals surface area contributed by atoms with Gasteiger partial charge in [-0.3, -0.25) is 0 Å². The highest BCUT2D eigenvalue weighted by molar-refractivity contribution is 4.73. The molecular weight excluding hydrogens is 170 g/mol. The second kappa shape index (κ2) is 9.51. The van der Waals surface area contributed by atoms with Crippen molar-refractivity contribution in [3.05, 3.63) is 0 Å². The summed E-state index contributed by atoms with van der Waals surface area (Å²) in [7, 11) is 0. The van der Waals surface area contributed by atoms with Gasteiger partial charge >= 0.3 is 0 Å². The molecule has 0 aromatic carbocycles. The van der Waals surface area contributed by atoms with Gasteiger partial charge in [0.25, 0.3) is 0 Å². The molecule has 1 aliphatic heterocycles. The van der Waals surface area contributed by atoms with Crippen LogP contribution < -0.4 is 5.32 Å². The Morgan fingerprint density at radius 2 is 1.36 bits per heavy atom. The Labute approximate surface area is 90.7 Å². The molecule has 2 atom stereocenters. The number of piperidine rings is 1. The fourth-order valence-electron chi connectivity index (χ4n) is 1.88. The number of hydrogen-bond acceptors (Lipinski definition) is 1. The molecule has 0 aromatic rings. The molecule has 0 saturated carbocycles. The Kier molecular flexibility index (Phi) is 9.49. The third-order valence-corrected chi connectivity index (χ3v) is 2.80. The zero-order chi connectivity index (χ0) is 10.8. The van der Waals surface area contributed by atoms with Crippen LogP contribution in [-0.2, 0) is 0 Å². The number of unbranched alkanes of at least 4 members (excludes halogenated alkanes) is 3. The molecule has 0 aromatic heterocycles. The van der Waals surface area contributed by atoms with E-state index in [0.29, 0.717) is 0 Å². The maximum absolute atomic E-state index is 3.48. The number of nitrogens with one attached hydrogen (secondary N) is 1. The molecule has 0 radical (unpaired) electrons. The monoisotopic (exact) mass is 199 g/mol. The third kappa shape index (κ3) is 8.55. The molecule has 1 heteroatoms. The summed E-state index contributed by atoms with van der Waals surface area (Å²) in [6.45, 7) is 8.98. The van der Waals surface area contributed by atoms with Crippen LogP contribution in [0.15, 0.2) is 0 Å². The van der Waals surface area contributed by atoms with E-state index in [2.05, 4.69) is 33.0 Å². The van der Waals surface area contributed by atoms with Crippen molar-refractivity contribution in [2.24, 2.45) is 0 Å². The molecule has 1 nitrogen and oxygen atoms in total. The van der Waals surface area contributed by atoms with Gasteiger partial charge in [-0.2, -0.15) is 0 Å². The minimum atomic E-state index is 0.763. The van der Waals surface area contributed by atoms with E-state index in [9.17, 15) is 0 Å². The van der Waals surface area contributed by atoms with Crippen LogP contribution in [0, 0.1) is 0 Å². The predicted octanol–water partition coefficient (Wildman–Crippen LogP) is 4.12. The third-order valence-electron chi connectivity index (χ3n) is 2.80. The highest BCUT2D eigenvalue weighted by Crippen LogP contribution is 2.10. The molecule has 1 rings (SSSR count). The Balaban J connectivity index is 0.000000255. The maximum Gasteiger partial charge on any atom is 0.00412 e. The summed E-state index contributed by atoms with van der Waals surface area (Å²) in [5.41, 5.74) is 0.